The molecule has 18 heavy (non-hydrogen) atoms. The van der Waals surface area contributed by atoms with Crippen LogP contribution in [0.15, 0.2) is 54.6 Å². The normalized spacial score (nSPS) is 9.83. The van der Waals surface area contributed by atoms with Crippen molar-refractivity contribution in [3.8, 4) is 11.5 Å². The van der Waals surface area contributed by atoms with Crippen molar-refractivity contribution >= 4 is 5.69 Å². The summed E-state index contributed by atoms with van der Waals surface area (Å²) in [5, 5.41) is 3.29. The van der Waals surface area contributed by atoms with E-state index in [2.05, 4.69) is 5.32 Å². The minimum atomic E-state index is 0.626. The average molecular weight is 243 g/mol. The molecule has 0 aliphatic rings. The number of anilines is 1. The quantitative estimate of drug-likeness (QED) is 0.790. The highest BCUT2D eigenvalue weighted by Crippen LogP contribution is 2.16. The number of hydrogen-bond acceptors (Lipinski definition) is 3. The van der Waals surface area contributed by atoms with Crippen molar-refractivity contribution in [3.63, 3.8) is 0 Å². The summed E-state index contributed by atoms with van der Waals surface area (Å²) in [5.41, 5.74) is 1.11. The summed E-state index contributed by atoms with van der Waals surface area (Å²) in [5.74, 6) is 1.69. The minimum absolute atomic E-state index is 0.626. The molecule has 0 heterocycles. The van der Waals surface area contributed by atoms with Crippen LogP contribution < -0.4 is 14.8 Å². The number of hydrogen-bond donors (Lipinski definition) is 1. The molecule has 0 aliphatic carbocycles. The Balaban J connectivity index is 1.72. The van der Waals surface area contributed by atoms with Gasteiger partial charge in [0.25, 0.3) is 0 Å². The van der Waals surface area contributed by atoms with Gasteiger partial charge in [-0.15, -0.1) is 0 Å². The van der Waals surface area contributed by atoms with Gasteiger partial charge < -0.3 is 14.8 Å². The predicted molar refractivity (Wildman–Crippen MR) is 73.4 cm³/mol. The second-order valence-electron chi connectivity index (χ2n) is 3.82. The van der Waals surface area contributed by atoms with Crippen LogP contribution in [0.4, 0.5) is 5.69 Å². The van der Waals surface area contributed by atoms with Gasteiger partial charge in [-0.2, -0.15) is 0 Å². The van der Waals surface area contributed by atoms with Crippen LogP contribution in [0.3, 0.4) is 0 Å². The van der Waals surface area contributed by atoms with Crippen molar-refractivity contribution in [2.75, 3.05) is 25.6 Å². The van der Waals surface area contributed by atoms with Gasteiger partial charge in [0.1, 0.15) is 18.1 Å². The highest BCUT2D eigenvalue weighted by Gasteiger charge is 1.95. The van der Waals surface area contributed by atoms with Gasteiger partial charge in [0.2, 0.25) is 0 Å². The second-order valence-corrected chi connectivity index (χ2v) is 3.82. The van der Waals surface area contributed by atoms with Gasteiger partial charge in [-0.1, -0.05) is 18.2 Å². The van der Waals surface area contributed by atoms with Gasteiger partial charge in [-0.05, 0) is 36.4 Å². The van der Waals surface area contributed by atoms with Crippen molar-refractivity contribution < 1.29 is 9.47 Å². The zero-order valence-electron chi connectivity index (χ0n) is 10.4. The van der Waals surface area contributed by atoms with Gasteiger partial charge in [-0.25, -0.2) is 0 Å². The first-order valence-electron chi connectivity index (χ1n) is 5.94. The third-order valence-corrected chi connectivity index (χ3v) is 2.53. The number of ether oxygens (including phenoxy) is 2. The molecule has 0 bridgehead atoms. The lowest BCUT2D eigenvalue weighted by molar-refractivity contribution is 0.332. The predicted octanol–water partition coefficient (Wildman–Crippen LogP) is 3.19. The molecule has 0 aromatic heterocycles. The molecule has 3 heteroatoms. The Hall–Kier alpha value is -2.16. The standard InChI is InChI=1S/C15H17NO2/c1-17-14-7-9-15(10-8-14)18-12-11-16-13-5-3-2-4-6-13/h2-10,16H,11-12H2,1H3. The molecule has 2 aromatic carbocycles. The van der Waals surface area contributed by atoms with Gasteiger partial charge in [0, 0.05) is 12.2 Å². The third kappa shape index (κ3) is 3.70. The van der Waals surface area contributed by atoms with Gasteiger partial charge >= 0.3 is 0 Å². The van der Waals surface area contributed by atoms with E-state index in [1.165, 1.54) is 0 Å². The first-order valence-corrected chi connectivity index (χ1v) is 5.94. The fraction of sp³-hybridized carbons (Fsp3) is 0.200. The molecule has 0 aliphatic heterocycles. The van der Waals surface area contributed by atoms with Crippen LogP contribution in [0.5, 0.6) is 11.5 Å². The van der Waals surface area contributed by atoms with E-state index in [-0.39, 0.29) is 0 Å². The molecule has 0 saturated carbocycles. The van der Waals surface area contributed by atoms with E-state index in [0.29, 0.717) is 6.61 Å². The average Bonchev–Trinajstić information content (AvgIpc) is 2.45. The third-order valence-electron chi connectivity index (χ3n) is 2.53. The summed E-state index contributed by atoms with van der Waals surface area (Å²) in [7, 11) is 1.65. The Bertz CT molecular complexity index is 454. The molecule has 0 unspecified atom stereocenters. The summed E-state index contributed by atoms with van der Waals surface area (Å²) in [4.78, 5) is 0. The van der Waals surface area contributed by atoms with Crippen molar-refractivity contribution in [2.24, 2.45) is 0 Å². The Labute approximate surface area is 107 Å². The zero-order chi connectivity index (χ0) is 12.6. The molecule has 0 fully saturated rings. The Morgan fingerprint density at radius 2 is 1.56 bits per heavy atom. The lowest BCUT2D eigenvalue weighted by Gasteiger charge is -2.08. The molecular weight excluding hydrogens is 226 g/mol. The van der Waals surface area contributed by atoms with E-state index in [4.69, 9.17) is 9.47 Å². The molecule has 94 valence electrons. The highest BCUT2D eigenvalue weighted by atomic mass is 16.5. The van der Waals surface area contributed by atoms with Gasteiger partial charge in [0.15, 0.2) is 0 Å². The molecule has 0 spiro atoms. The SMILES string of the molecule is COc1ccc(OCCNc2ccccc2)cc1. The van der Waals surface area contributed by atoms with Gasteiger partial charge in [0.05, 0.1) is 7.11 Å². The number of benzene rings is 2. The molecule has 2 aromatic rings. The second kappa shape index (κ2) is 6.55. The first kappa shape index (κ1) is 12.3. The van der Waals surface area contributed by atoms with E-state index in [1.807, 2.05) is 54.6 Å². The van der Waals surface area contributed by atoms with Crippen molar-refractivity contribution in [1.29, 1.82) is 0 Å². The lowest BCUT2D eigenvalue weighted by Crippen LogP contribution is -2.11. The largest absolute Gasteiger partial charge is 0.497 e. The van der Waals surface area contributed by atoms with Crippen LogP contribution in [0.2, 0.25) is 0 Å². The van der Waals surface area contributed by atoms with E-state index < -0.39 is 0 Å². The summed E-state index contributed by atoms with van der Waals surface area (Å²) in [6, 6.07) is 17.7. The number of para-hydroxylation sites is 1. The summed E-state index contributed by atoms with van der Waals surface area (Å²) < 4.78 is 10.7. The van der Waals surface area contributed by atoms with Crippen molar-refractivity contribution in [2.45, 2.75) is 0 Å². The fourth-order valence-corrected chi connectivity index (χ4v) is 1.59. The van der Waals surface area contributed by atoms with E-state index in [1.54, 1.807) is 7.11 Å². The maximum atomic E-state index is 5.61. The maximum Gasteiger partial charge on any atom is 0.119 e. The molecule has 0 atom stereocenters. The summed E-state index contributed by atoms with van der Waals surface area (Å²) >= 11 is 0. The van der Waals surface area contributed by atoms with Crippen molar-refractivity contribution in [3.05, 3.63) is 54.6 Å². The molecule has 0 radical (unpaired) electrons. The molecule has 1 N–H and O–H groups in total. The summed E-state index contributed by atoms with van der Waals surface area (Å²) in [6.45, 7) is 1.40. The molecule has 0 saturated heterocycles. The Morgan fingerprint density at radius 3 is 2.22 bits per heavy atom. The molecule has 3 nitrogen and oxygen atoms in total. The number of rotatable bonds is 6. The monoisotopic (exact) mass is 243 g/mol. The minimum Gasteiger partial charge on any atom is -0.497 e. The Morgan fingerprint density at radius 1 is 0.889 bits per heavy atom. The van der Waals surface area contributed by atoms with Crippen LogP contribution in [-0.2, 0) is 0 Å². The van der Waals surface area contributed by atoms with Crippen LogP contribution in [-0.4, -0.2) is 20.3 Å². The fourth-order valence-electron chi connectivity index (χ4n) is 1.59. The van der Waals surface area contributed by atoms with Crippen LogP contribution in [0.25, 0.3) is 0 Å². The van der Waals surface area contributed by atoms with Crippen LogP contribution >= 0.6 is 0 Å². The van der Waals surface area contributed by atoms with Gasteiger partial charge in [-0.3, -0.25) is 0 Å². The highest BCUT2D eigenvalue weighted by molar-refractivity contribution is 5.42. The smallest absolute Gasteiger partial charge is 0.119 e. The topological polar surface area (TPSA) is 30.5 Å². The van der Waals surface area contributed by atoms with E-state index in [9.17, 15) is 0 Å². The molecule has 2 rings (SSSR count). The molecular formula is C15H17NO2. The van der Waals surface area contributed by atoms with Crippen molar-refractivity contribution in [1.82, 2.24) is 0 Å². The molecule has 0 amide bonds. The summed E-state index contributed by atoms with van der Waals surface area (Å²) in [6.07, 6.45) is 0. The zero-order valence-corrected chi connectivity index (χ0v) is 10.4. The lowest BCUT2D eigenvalue weighted by atomic mass is 10.3. The van der Waals surface area contributed by atoms with E-state index in [0.717, 1.165) is 23.7 Å². The van der Waals surface area contributed by atoms with E-state index >= 15 is 0 Å². The number of methoxy groups -OCH3 is 1. The maximum absolute atomic E-state index is 5.61. The Kier molecular flexibility index (Phi) is 4.47. The van der Waals surface area contributed by atoms with Crippen LogP contribution in [0, 0.1) is 0 Å². The number of nitrogens with one attached hydrogen (secondary N) is 1. The van der Waals surface area contributed by atoms with Crippen LogP contribution in [0.1, 0.15) is 0 Å². The first-order chi connectivity index (χ1) is 8.88.